The minimum absolute atomic E-state index is 0.323. The molecule has 2 atom stereocenters. The molecule has 2 aromatic heterocycles. The number of fused-ring (bicyclic) bond motifs is 1. The predicted molar refractivity (Wildman–Crippen MR) is 73.4 cm³/mol. The molecule has 0 amide bonds. The molecule has 3 N–H and O–H groups in total. The van der Waals surface area contributed by atoms with Gasteiger partial charge in [-0.3, -0.25) is 4.98 Å². The van der Waals surface area contributed by atoms with Gasteiger partial charge < -0.3 is 11.1 Å². The van der Waals surface area contributed by atoms with E-state index < -0.39 is 0 Å². The zero-order valence-corrected chi connectivity index (χ0v) is 10.3. The first-order valence-corrected chi connectivity index (χ1v) is 6.55. The molecule has 1 fully saturated rings. The molecule has 1 saturated carbocycles. The molecule has 0 saturated heterocycles. The molecule has 18 heavy (non-hydrogen) atoms. The second-order valence-electron chi connectivity index (χ2n) is 5.00. The van der Waals surface area contributed by atoms with Gasteiger partial charge in [0.15, 0.2) is 0 Å². The van der Waals surface area contributed by atoms with Crippen LogP contribution in [0.15, 0.2) is 30.6 Å². The minimum atomic E-state index is 0.323. The lowest BCUT2D eigenvalue weighted by Crippen LogP contribution is -2.35. The van der Waals surface area contributed by atoms with Crippen LogP contribution in [0.1, 0.15) is 25.7 Å². The van der Waals surface area contributed by atoms with E-state index in [1.807, 2.05) is 18.3 Å². The van der Waals surface area contributed by atoms with E-state index in [0.29, 0.717) is 12.1 Å². The second-order valence-corrected chi connectivity index (χ2v) is 5.00. The molecule has 0 unspecified atom stereocenters. The van der Waals surface area contributed by atoms with Crippen molar-refractivity contribution in [1.29, 1.82) is 0 Å². The van der Waals surface area contributed by atoms with Crippen molar-refractivity contribution in [2.75, 3.05) is 5.32 Å². The fraction of sp³-hybridized carbons (Fsp3) is 0.429. The van der Waals surface area contributed by atoms with Crippen molar-refractivity contribution in [3.05, 3.63) is 30.6 Å². The number of nitrogens with two attached hydrogens (primary N) is 1. The third-order valence-electron chi connectivity index (χ3n) is 3.59. The van der Waals surface area contributed by atoms with Gasteiger partial charge in [-0.1, -0.05) is 0 Å². The third-order valence-corrected chi connectivity index (χ3v) is 3.59. The minimum Gasteiger partial charge on any atom is -0.367 e. The van der Waals surface area contributed by atoms with Gasteiger partial charge in [-0.25, -0.2) is 4.98 Å². The molecule has 1 aliphatic carbocycles. The first kappa shape index (κ1) is 11.4. The lowest BCUT2D eigenvalue weighted by molar-refractivity contribution is 0.409. The second kappa shape index (κ2) is 4.90. The van der Waals surface area contributed by atoms with Gasteiger partial charge in [-0.05, 0) is 43.9 Å². The van der Waals surface area contributed by atoms with Gasteiger partial charge in [-0.15, -0.1) is 0 Å². The van der Waals surface area contributed by atoms with Crippen LogP contribution >= 0.6 is 0 Å². The average Bonchev–Trinajstić information content (AvgIpc) is 2.39. The van der Waals surface area contributed by atoms with Crippen LogP contribution in [0.25, 0.3) is 10.9 Å². The molecule has 0 aliphatic heterocycles. The summed E-state index contributed by atoms with van der Waals surface area (Å²) in [7, 11) is 0. The van der Waals surface area contributed by atoms with Gasteiger partial charge in [-0.2, -0.15) is 0 Å². The topological polar surface area (TPSA) is 63.8 Å². The summed E-state index contributed by atoms with van der Waals surface area (Å²) in [6.07, 6.45) is 8.15. The third kappa shape index (κ3) is 2.29. The fourth-order valence-corrected chi connectivity index (χ4v) is 2.67. The Balaban J connectivity index is 1.86. The van der Waals surface area contributed by atoms with Gasteiger partial charge >= 0.3 is 0 Å². The predicted octanol–water partition coefficient (Wildman–Crippen LogP) is 2.31. The van der Waals surface area contributed by atoms with Crippen LogP contribution in [0.3, 0.4) is 0 Å². The summed E-state index contributed by atoms with van der Waals surface area (Å²) >= 11 is 0. The highest BCUT2D eigenvalue weighted by Crippen LogP contribution is 2.24. The molecular weight excluding hydrogens is 224 g/mol. The molecule has 4 nitrogen and oxygen atoms in total. The molecule has 2 heterocycles. The molecule has 94 valence electrons. The maximum Gasteiger partial charge on any atom is 0.135 e. The summed E-state index contributed by atoms with van der Waals surface area (Å²) in [4.78, 5) is 8.78. The normalized spacial score (nSPS) is 24.1. The zero-order chi connectivity index (χ0) is 12.4. The standard InChI is InChI=1S/C14H18N4/c15-10-3-1-4-11(9-10)18-14-12-5-2-7-16-13(12)6-8-17-14/h2,5-8,10-11H,1,3-4,9,15H2,(H,17,18)/t10-,11+/m0/s1. The van der Waals surface area contributed by atoms with Gasteiger partial charge in [0, 0.05) is 29.9 Å². The molecular formula is C14H18N4. The molecule has 1 aliphatic rings. The molecule has 2 aromatic rings. The Hall–Kier alpha value is -1.68. The van der Waals surface area contributed by atoms with Gasteiger partial charge in [0.05, 0.1) is 5.52 Å². The largest absolute Gasteiger partial charge is 0.367 e. The van der Waals surface area contributed by atoms with E-state index in [1.54, 1.807) is 6.20 Å². The summed E-state index contributed by atoms with van der Waals surface area (Å²) in [5.74, 6) is 0.930. The first-order chi connectivity index (χ1) is 8.83. The highest BCUT2D eigenvalue weighted by molar-refractivity contribution is 5.88. The number of aromatic nitrogens is 2. The van der Waals surface area contributed by atoms with Crippen LogP contribution in [-0.4, -0.2) is 22.1 Å². The molecule has 4 heteroatoms. The van der Waals surface area contributed by atoms with Crippen LogP contribution in [0.5, 0.6) is 0 Å². The van der Waals surface area contributed by atoms with E-state index in [1.165, 1.54) is 12.8 Å². The summed E-state index contributed by atoms with van der Waals surface area (Å²) in [5, 5.41) is 4.61. The highest BCUT2D eigenvalue weighted by Gasteiger charge is 2.19. The average molecular weight is 242 g/mol. The zero-order valence-electron chi connectivity index (χ0n) is 10.3. The van der Waals surface area contributed by atoms with Crippen molar-refractivity contribution < 1.29 is 0 Å². The fourth-order valence-electron chi connectivity index (χ4n) is 2.67. The van der Waals surface area contributed by atoms with E-state index in [2.05, 4.69) is 21.4 Å². The van der Waals surface area contributed by atoms with E-state index in [0.717, 1.165) is 29.6 Å². The van der Waals surface area contributed by atoms with Crippen LogP contribution in [0.4, 0.5) is 5.82 Å². The molecule has 3 rings (SSSR count). The maximum absolute atomic E-state index is 6.02. The molecule has 0 radical (unpaired) electrons. The smallest absolute Gasteiger partial charge is 0.135 e. The van der Waals surface area contributed by atoms with E-state index in [4.69, 9.17) is 5.73 Å². The lowest BCUT2D eigenvalue weighted by atomic mass is 9.91. The Morgan fingerprint density at radius 1 is 1.17 bits per heavy atom. The van der Waals surface area contributed by atoms with Crippen molar-refractivity contribution in [1.82, 2.24) is 9.97 Å². The Labute approximate surface area is 107 Å². The summed E-state index contributed by atoms with van der Waals surface area (Å²) < 4.78 is 0. The van der Waals surface area contributed by atoms with Crippen LogP contribution in [0, 0.1) is 0 Å². The number of anilines is 1. The Bertz CT molecular complexity index is 535. The van der Waals surface area contributed by atoms with Gasteiger partial charge in [0.2, 0.25) is 0 Å². The number of rotatable bonds is 2. The number of nitrogens with one attached hydrogen (secondary N) is 1. The Morgan fingerprint density at radius 2 is 2.11 bits per heavy atom. The molecule has 0 aromatic carbocycles. The highest BCUT2D eigenvalue weighted by atomic mass is 15.0. The maximum atomic E-state index is 6.02. The number of hydrogen-bond acceptors (Lipinski definition) is 4. The Kier molecular flexibility index (Phi) is 3.11. The number of pyridine rings is 2. The van der Waals surface area contributed by atoms with Crippen molar-refractivity contribution in [2.24, 2.45) is 5.73 Å². The van der Waals surface area contributed by atoms with E-state index in [9.17, 15) is 0 Å². The molecule has 0 spiro atoms. The summed E-state index contributed by atoms with van der Waals surface area (Å²) in [6.45, 7) is 0. The first-order valence-electron chi connectivity index (χ1n) is 6.55. The number of nitrogens with zero attached hydrogens (tertiary/aromatic N) is 2. The van der Waals surface area contributed by atoms with E-state index in [-0.39, 0.29) is 0 Å². The van der Waals surface area contributed by atoms with Crippen molar-refractivity contribution in [2.45, 2.75) is 37.8 Å². The lowest BCUT2D eigenvalue weighted by Gasteiger charge is -2.28. The summed E-state index contributed by atoms with van der Waals surface area (Å²) in [6, 6.07) is 6.70. The Morgan fingerprint density at radius 3 is 3.00 bits per heavy atom. The monoisotopic (exact) mass is 242 g/mol. The summed E-state index contributed by atoms with van der Waals surface area (Å²) in [5.41, 5.74) is 7.00. The van der Waals surface area contributed by atoms with Crippen LogP contribution < -0.4 is 11.1 Å². The van der Waals surface area contributed by atoms with Crippen LogP contribution in [-0.2, 0) is 0 Å². The van der Waals surface area contributed by atoms with Gasteiger partial charge in [0.1, 0.15) is 5.82 Å². The van der Waals surface area contributed by atoms with Gasteiger partial charge in [0.25, 0.3) is 0 Å². The quantitative estimate of drug-likeness (QED) is 0.848. The van der Waals surface area contributed by atoms with Crippen molar-refractivity contribution in [3.63, 3.8) is 0 Å². The number of hydrogen-bond donors (Lipinski definition) is 2. The van der Waals surface area contributed by atoms with Crippen molar-refractivity contribution >= 4 is 16.7 Å². The van der Waals surface area contributed by atoms with E-state index >= 15 is 0 Å². The van der Waals surface area contributed by atoms with Crippen molar-refractivity contribution in [3.8, 4) is 0 Å². The van der Waals surface area contributed by atoms with Crippen LogP contribution in [0.2, 0.25) is 0 Å². The SMILES string of the molecule is N[C@H]1CCC[C@@H](Nc2nccc3ncccc23)C1. The molecule has 0 bridgehead atoms.